The van der Waals surface area contributed by atoms with Crippen LogP contribution in [0, 0.1) is 0 Å². The molecule has 3 rings (SSSR count). The maximum Gasteiger partial charge on any atom is 0.280 e. The van der Waals surface area contributed by atoms with Gasteiger partial charge in [-0.1, -0.05) is 23.4 Å². The summed E-state index contributed by atoms with van der Waals surface area (Å²) in [4.78, 5) is 12.3. The Labute approximate surface area is 139 Å². The van der Waals surface area contributed by atoms with E-state index in [0.717, 1.165) is 5.75 Å². The molecule has 2 aromatic carbocycles. The third kappa shape index (κ3) is 3.19. The lowest BCUT2D eigenvalue weighted by molar-refractivity contribution is 0.102. The van der Waals surface area contributed by atoms with Crippen LogP contribution in [0.1, 0.15) is 17.4 Å². The van der Waals surface area contributed by atoms with Gasteiger partial charge in [0, 0.05) is 5.69 Å². The van der Waals surface area contributed by atoms with Gasteiger partial charge in [0.05, 0.1) is 12.3 Å². The second-order valence-electron chi connectivity index (χ2n) is 4.98. The third-order valence-electron chi connectivity index (χ3n) is 3.34. The zero-order valence-electron chi connectivity index (χ0n) is 13.1. The predicted octanol–water partition coefficient (Wildman–Crippen LogP) is 2.50. The van der Waals surface area contributed by atoms with E-state index in [1.54, 1.807) is 24.3 Å². The van der Waals surface area contributed by atoms with Crippen molar-refractivity contribution in [3.63, 3.8) is 0 Å². The van der Waals surface area contributed by atoms with Crippen molar-refractivity contribution in [1.82, 2.24) is 15.0 Å². The molecule has 7 nitrogen and oxygen atoms in total. The summed E-state index contributed by atoms with van der Waals surface area (Å²) in [7, 11) is 0. The smallest absolute Gasteiger partial charge is 0.280 e. The second-order valence-corrected chi connectivity index (χ2v) is 4.98. The molecule has 0 fully saturated rings. The number of nitrogens with zero attached hydrogens (tertiary/aromatic N) is 3. The van der Waals surface area contributed by atoms with Gasteiger partial charge < -0.3 is 15.8 Å². The van der Waals surface area contributed by atoms with Crippen molar-refractivity contribution in [2.45, 2.75) is 6.92 Å². The fraction of sp³-hybridized carbons (Fsp3) is 0.118. The number of hydrogen-bond donors (Lipinski definition) is 2. The van der Waals surface area contributed by atoms with Crippen molar-refractivity contribution in [1.29, 1.82) is 0 Å². The highest BCUT2D eigenvalue weighted by Crippen LogP contribution is 2.19. The lowest BCUT2D eigenvalue weighted by atomic mass is 10.3. The number of carbonyl (C=O) groups is 1. The van der Waals surface area contributed by atoms with Gasteiger partial charge in [0.15, 0.2) is 11.5 Å². The maximum atomic E-state index is 12.3. The van der Waals surface area contributed by atoms with Crippen molar-refractivity contribution >= 4 is 17.4 Å². The molecule has 0 saturated heterocycles. The average molecular weight is 323 g/mol. The number of nitrogen functional groups attached to an aromatic ring is 1. The summed E-state index contributed by atoms with van der Waals surface area (Å²) in [5.74, 6) is 0.519. The molecule has 3 aromatic rings. The summed E-state index contributed by atoms with van der Waals surface area (Å²) >= 11 is 0. The first-order valence-electron chi connectivity index (χ1n) is 7.50. The topological polar surface area (TPSA) is 95.1 Å². The van der Waals surface area contributed by atoms with Gasteiger partial charge in [0.25, 0.3) is 5.91 Å². The summed E-state index contributed by atoms with van der Waals surface area (Å²) in [6, 6.07) is 16.3. The van der Waals surface area contributed by atoms with E-state index in [4.69, 9.17) is 10.5 Å². The van der Waals surface area contributed by atoms with Gasteiger partial charge in [-0.05, 0) is 43.3 Å². The van der Waals surface area contributed by atoms with E-state index in [9.17, 15) is 4.79 Å². The van der Waals surface area contributed by atoms with Gasteiger partial charge in [-0.25, -0.2) is 0 Å². The summed E-state index contributed by atoms with van der Waals surface area (Å²) in [6.45, 7) is 2.51. The van der Waals surface area contributed by atoms with Crippen LogP contribution in [0.3, 0.4) is 0 Å². The number of para-hydroxylation sites is 1. The van der Waals surface area contributed by atoms with Crippen molar-refractivity contribution in [2.75, 3.05) is 17.7 Å². The fourth-order valence-electron chi connectivity index (χ4n) is 2.20. The molecule has 0 atom stereocenters. The number of aromatic nitrogens is 3. The molecular formula is C17H17N5O2. The number of carbonyl (C=O) groups excluding carboxylic acids is 1. The molecule has 3 N–H and O–H groups in total. The summed E-state index contributed by atoms with van der Waals surface area (Å²) < 4.78 is 6.81. The summed E-state index contributed by atoms with van der Waals surface area (Å²) in [6.07, 6.45) is 0. The minimum Gasteiger partial charge on any atom is -0.494 e. The predicted molar refractivity (Wildman–Crippen MR) is 91.3 cm³/mol. The monoisotopic (exact) mass is 323 g/mol. The second kappa shape index (κ2) is 6.82. The maximum absolute atomic E-state index is 12.3. The zero-order valence-corrected chi connectivity index (χ0v) is 13.1. The van der Waals surface area contributed by atoms with E-state index in [2.05, 4.69) is 15.6 Å². The van der Waals surface area contributed by atoms with Gasteiger partial charge in [-0.3, -0.25) is 4.79 Å². The van der Waals surface area contributed by atoms with Gasteiger partial charge in [-0.2, -0.15) is 4.68 Å². The highest BCUT2D eigenvalue weighted by Gasteiger charge is 2.18. The zero-order chi connectivity index (χ0) is 16.9. The van der Waals surface area contributed by atoms with E-state index >= 15 is 0 Å². The van der Waals surface area contributed by atoms with E-state index in [1.807, 2.05) is 37.3 Å². The Morgan fingerprint density at radius 3 is 2.54 bits per heavy atom. The molecule has 0 saturated carbocycles. The van der Waals surface area contributed by atoms with Crippen molar-refractivity contribution in [3.05, 3.63) is 60.3 Å². The Balaban J connectivity index is 1.81. The van der Waals surface area contributed by atoms with Gasteiger partial charge in [0.1, 0.15) is 5.75 Å². The van der Waals surface area contributed by atoms with Crippen molar-refractivity contribution in [2.24, 2.45) is 0 Å². The normalized spacial score (nSPS) is 10.4. The molecule has 7 heteroatoms. The quantitative estimate of drug-likeness (QED) is 0.752. The first-order valence-corrected chi connectivity index (χ1v) is 7.50. The SMILES string of the molecule is CCOc1ccc(-n2nnc(C(=O)Nc3ccccc3)c2N)cc1. The number of ether oxygens (including phenoxy) is 1. The molecule has 0 unspecified atom stereocenters. The molecule has 1 aromatic heterocycles. The van der Waals surface area contributed by atoms with Crippen molar-refractivity contribution < 1.29 is 9.53 Å². The molecule has 0 aliphatic rings. The Hall–Kier alpha value is -3.35. The van der Waals surface area contributed by atoms with Crippen LogP contribution in [0.25, 0.3) is 5.69 Å². The molecular weight excluding hydrogens is 306 g/mol. The van der Waals surface area contributed by atoms with E-state index in [-0.39, 0.29) is 11.5 Å². The van der Waals surface area contributed by atoms with Crippen molar-refractivity contribution in [3.8, 4) is 11.4 Å². The minimum atomic E-state index is -0.407. The summed E-state index contributed by atoms with van der Waals surface area (Å²) in [5, 5.41) is 10.6. The van der Waals surface area contributed by atoms with Crippen LogP contribution in [-0.2, 0) is 0 Å². The Kier molecular flexibility index (Phi) is 4.42. The molecule has 122 valence electrons. The number of rotatable bonds is 5. The lowest BCUT2D eigenvalue weighted by Crippen LogP contribution is -2.14. The van der Waals surface area contributed by atoms with Crippen LogP contribution in [0.5, 0.6) is 5.75 Å². The van der Waals surface area contributed by atoms with Crippen LogP contribution in [-0.4, -0.2) is 27.5 Å². The number of nitrogens with two attached hydrogens (primary N) is 1. The third-order valence-corrected chi connectivity index (χ3v) is 3.34. The van der Waals surface area contributed by atoms with E-state index < -0.39 is 5.91 Å². The Morgan fingerprint density at radius 1 is 1.17 bits per heavy atom. The highest BCUT2D eigenvalue weighted by molar-refractivity contribution is 6.05. The molecule has 0 radical (unpaired) electrons. The Morgan fingerprint density at radius 2 is 1.88 bits per heavy atom. The Bertz CT molecular complexity index is 828. The van der Waals surface area contributed by atoms with Crippen LogP contribution < -0.4 is 15.8 Å². The highest BCUT2D eigenvalue weighted by atomic mass is 16.5. The fourth-order valence-corrected chi connectivity index (χ4v) is 2.20. The number of anilines is 2. The number of nitrogens with one attached hydrogen (secondary N) is 1. The van der Waals surface area contributed by atoms with E-state index in [1.165, 1.54) is 4.68 Å². The molecule has 1 amide bonds. The molecule has 0 aliphatic carbocycles. The molecule has 1 heterocycles. The number of amides is 1. The van der Waals surface area contributed by atoms with Gasteiger partial charge in [0.2, 0.25) is 0 Å². The molecule has 0 spiro atoms. The molecule has 0 aliphatic heterocycles. The lowest BCUT2D eigenvalue weighted by Gasteiger charge is -2.06. The molecule has 24 heavy (non-hydrogen) atoms. The standard InChI is InChI=1S/C17H17N5O2/c1-2-24-14-10-8-13(9-11-14)22-16(18)15(20-21-22)17(23)19-12-6-4-3-5-7-12/h3-11H,2,18H2,1H3,(H,19,23). The largest absolute Gasteiger partial charge is 0.494 e. The minimum absolute atomic E-state index is 0.0766. The van der Waals surface area contributed by atoms with Gasteiger partial charge in [-0.15, -0.1) is 5.10 Å². The van der Waals surface area contributed by atoms with Crippen LogP contribution >= 0.6 is 0 Å². The van der Waals surface area contributed by atoms with Gasteiger partial charge >= 0.3 is 0 Å². The number of benzene rings is 2. The van der Waals surface area contributed by atoms with Crippen LogP contribution in [0.15, 0.2) is 54.6 Å². The first kappa shape index (κ1) is 15.5. The number of hydrogen-bond acceptors (Lipinski definition) is 5. The summed E-state index contributed by atoms with van der Waals surface area (Å²) in [5.41, 5.74) is 7.47. The van der Waals surface area contributed by atoms with E-state index in [0.29, 0.717) is 18.0 Å². The van der Waals surface area contributed by atoms with Crippen LogP contribution in [0.2, 0.25) is 0 Å². The first-order chi connectivity index (χ1) is 11.7. The van der Waals surface area contributed by atoms with Crippen LogP contribution in [0.4, 0.5) is 11.5 Å². The molecule has 0 bridgehead atoms. The average Bonchev–Trinajstić information content (AvgIpc) is 2.98.